The highest BCUT2D eigenvalue weighted by Crippen LogP contribution is 2.20. The molecule has 2 aromatic rings. The number of nitrogens with zero attached hydrogens (tertiary/aromatic N) is 1. The predicted molar refractivity (Wildman–Crippen MR) is 95.2 cm³/mol. The zero-order chi connectivity index (χ0) is 16.2. The monoisotopic (exact) mass is 310 g/mol. The molecule has 1 N–H and O–H groups in total. The first-order chi connectivity index (χ1) is 11.1. The van der Waals surface area contributed by atoms with Gasteiger partial charge in [-0.05, 0) is 41.3 Å². The van der Waals surface area contributed by atoms with Crippen LogP contribution in [0.4, 0.5) is 0 Å². The molecule has 0 aliphatic carbocycles. The molecule has 3 nitrogen and oxygen atoms in total. The van der Waals surface area contributed by atoms with Crippen LogP contribution in [0.5, 0.6) is 0 Å². The van der Waals surface area contributed by atoms with Crippen molar-refractivity contribution in [2.24, 2.45) is 5.92 Å². The fraction of sp³-hybridized carbons (Fsp3) is 0.450. The normalized spacial score (nSPS) is 17.8. The Kier molecular flexibility index (Phi) is 4.97. The molecule has 1 fully saturated rings. The summed E-state index contributed by atoms with van der Waals surface area (Å²) in [4.78, 5) is 14.8. The van der Waals surface area contributed by atoms with Crippen molar-refractivity contribution in [3.63, 3.8) is 0 Å². The highest BCUT2D eigenvalue weighted by atomic mass is 16.2. The third-order valence-corrected chi connectivity index (χ3v) is 4.55. The van der Waals surface area contributed by atoms with Gasteiger partial charge < -0.3 is 10.2 Å². The van der Waals surface area contributed by atoms with Gasteiger partial charge in [-0.3, -0.25) is 4.79 Å². The summed E-state index contributed by atoms with van der Waals surface area (Å²) in [5.74, 6) is 0.679. The van der Waals surface area contributed by atoms with Gasteiger partial charge in [0.2, 0.25) is 5.91 Å². The van der Waals surface area contributed by atoms with Gasteiger partial charge in [0, 0.05) is 25.6 Å². The van der Waals surface area contributed by atoms with E-state index in [9.17, 15) is 4.79 Å². The standard InChI is InChI=1S/C20H26N2O/c1-15(2)11-20(23)22(19-9-10-21-13-19)14-16-7-8-17-5-3-4-6-18(17)12-16/h3-8,12,15,19,21H,9-11,13-14H2,1-2H3/t19-/m0/s1. The van der Waals surface area contributed by atoms with Crippen molar-refractivity contribution in [2.75, 3.05) is 13.1 Å². The zero-order valence-electron chi connectivity index (χ0n) is 14.1. The Hall–Kier alpha value is -1.87. The Bertz CT molecular complexity index is 674. The largest absolute Gasteiger partial charge is 0.334 e. The number of hydrogen-bond acceptors (Lipinski definition) is 2. The van der Waals surface area contributed by atoms with Crippen LogP contribution >= 0.6 is 0 Å². The van der Waals surface area contributed by atoms with Crippen LogP contribution in [0.15, 0.2) is 42.5 Å². The fourth-order valence-electron chi connectivity index (χ4n) is 3.33. The third kappa shape index (κ3) is 3.91. The first-order valence-electron chi connectivity index (χ1n) is 8.61. The fourth-order valence-corrected chi connectivity index (χ4v) is 3.33. The minimum Gasteiger partial charge on any atom is -0.334 e. The lowest BCUT2D eigenvalue weighted by Gasteiger charge is -2.29. The molecule has 1 atom stereocenters. The van der Waals surface area contributed by atoms with Gasteiger partial charge in [0.05, 0.1) is 0 Å². The predicted octanol–water partition coefficient (Wildman–Crippen LogP) is 3.58. The Morgan fingerprint density at radius 1 is 1.22 bits per heavy atom. The molecule has 1 heterocycles. The molecule has 1 aliphatic heterocycles. The minimum absolute atomic E-state index is 0.279. The molecule has 122 valence electrons. The van der Waals surface area contributed by atoms with Crippen LogP contribution in [0.3, 0.4) is 0 Å². The maximum absolute atomic E-state index is 12.7. The van der Waals surface area contributed by atoms with Crippen molar-refractivity contribution in [1.29, 1.82) is 0 Å². The van der Waals surface area contributed by atoms with E-state index in [0.717, 1.165) is 19.5 Å². The second-order valence-electron chi connectivity index (χ2n) is 6.95. The highest BCUT2D eigenvalue weighted by Gasteiger charge is 2.26. The van der Waals surface area contributed by atoms with Gasteiger partial charge in [-0.15, -0.1) is 0 Å². The van der Waals surface area contributed by atoms with Crippen molar-refractivity contribution >= 4 is 16.7 Å². The van der Waals surface area contributed by atoms with E-state index in [4.69, 9.17) is 0 Å². The minimum atomic E-state index is 0.279. The van der Waals surface area contributed by atoms with Crippen LogP contribution in [-0.4, -0.2) is 29.9 Å². The van der Waals surface area contributed by atoms with Crippen LogP contribution in [0.25, 0.3) is 10.8 Å². The van der Waals surface area contributed by atoms with Crippen molar-refractivity contribution < 1.29 is 4.79 Å². The summed E-state index contributed by atoms with van der Waals surface area (Å²) >= 11 is 0. The molecule has 1 saturated heterocycles. The molecule has 23 heavy (non-hydrogen) atoms. The van der Waals surface area contributed by atoms with Crippen LogP contribution in [0.1, 0.15) is 32.3 Å². The van der Waals surface area contributed by atoms with Gasteiger partial charge >= 0.3 is 0 Å². The van der Waals surface area contributed by atoms with Crippen molar-refractivity contribution in [3.05, 3.63) is 48.0 Å². The number of carbonyl (C=O) groups is 1. The maximum Gasteiger partial charge on any atom is 0.223 e. The number of carbonyl (C=O) groups excluding carboxylic acids is 1. The molecule has 1 aliphatic rings. The molecule has 3 rings (SSSR count). The average molecular weight is 310 g/mol. The summed E-state index contributed by atoms with van der Waals surface area (Å²) in [6.07, 6.45) is 1.68. The number of amides is 1. The lowest BCUT2D eigenvalue weighted by atomic mass is 10.0. The third-order valence-electron chi connectivity index (χ3n) is 4.55. The average Bonchev–Trinajstić information content (AvgIpc) is 3.05. The van der Waals surface area contributed by atoms with E-state index < -0.39 is 0 Å². The van der Waals surface area contributed by atoms with E-state index in [1.807, 2.05) is 0 Å². The van der Waals surface area contributed by atoms with Gasteiger partial charge in [-0.1, -0.05) is 50.2 Å². The van der Waals surface area contributed by atoms with Crippen molar-refractivity contribution in [3.8, 4) is 0 Å². The Morgan fingerprint density at radius 2 is 2.00 bits per heavy atom. The van der Waals surface area contributed by atoms with Crippen molar-refractivity contribution in [2.45, 2.75) is 39.3 Å². The van der Waals surface area contributed by atoms with Crippen LogP contribution in [0, 0.1) is 5.92 Å². The summed E-state index contributed by atoms with van der Waals surface area (Å²) in [5, 5.41) is 5.87. The molecule has 0 unspecified atom stereocenters. The van der Waals surface area contributed by atoms with E-state index in [-0.39, 0.29) is 5.91 Å². The van der Waals surface area contributed by atoms with Gasteiger partial charge in [-0.25, -0.2) is 0 Å². The van der Waals surface area contributed by atoms with E-state index in [1.54, 1.807) is 0 Å². The molecule has 0 bridgehead atoms. The van der Waals surface area contributed by atoms with Crippen LogP contribution in [-0.2, 0) is 11.3 Å². The summed E-state index contributed by atoms with van der Waals surface area (Å²) < 4.78 is 0. The van der Waals surface area contributed by atoms with Gasteiger partial charge in [-0.2, -0.15) is 0 Å². The molecule has 0 radical (unpaired) electrons. The van der Waals surface area contributed by atoms with Gasteiger partial charge in [0.25, 0.3) is 0 Å². The lowest BCUT2D eigenvalue weighted by molar-refractivity contribution is -0.134. The second kappa shape index (κ2) is 7.14. The Morgan fingerprint density at radius 3 is 2.70 bits per heavy atom. The molecule has 3 heteroatoms. The number of rotatable bonds is 5. The number of fused-ring (bicyclic) bond motifs is 1. The quantitative estimate of drug-likeness (QED) is 0.915. The van der Waals surface area contributed by atoms with Crippen molar-refractivity contribution in [1.82, 2.24) is 10.2 Å². The molecule has 0 spiro atoms. The molecule has 2 aromatic carbocycles. The zero-order valence-corrected chi connectivity index (χ0v) is 14.1. The number of hydrogen-bond donors (Lipinski definition) is 1. The molecule has 0 saturated carbocycles. The number of nitrogens with one attached hydrogen (secondary N) is 1. The van der Waals surface area contributed by atoms with E-state index >= 15 is 0 Å². The van der Waals surface area contributed by atoms with Gasteiger partial charge in [0.1, 0.15) is 0 Å². The second-order valence-corrected chi connectivity index (χ2v) is 6.95. The maximum atomic E-state index is 12.7. The summed E-state index contributed by atoms with van der Waals surface area (Å²) in [6, 6.07) is 15.2. The van der Waals surface area contributed by atoms with Crippen LogP contribution in [0.2, 0.25) is 0 Å². The lowest BCUT2D eigenvalue weighted by Crippen LogP contribution is -2.41. The summed E-state index contributed by atoms with van der Waals surface area (Å²) in [7, 11) is 0. The first kappa shape index (κ1) is 16.0. The smallest absolute Gasteiger partial charge is 0.223 e. The Labute approximate surface area is 138 Å². The van der Waals surface area contributed by atoms with Crippen LogP contribution < -0.4 is 5.32 Å². The summed E-state index contributed by atoms with van der Waals surface area (Å²) in [5.41, 5.74) is 1.22. The number of benzene rings is 2. The first-order valence-corrected chi connectivity index (χ1v) is 8.61. The van der Waals surface area contributed by atoms with E-state index in [2.05, 4.69) is 66.5 Å². The highest BCUT2D eigenvalue weighted by molar-refractivity contribution is 5.83. The molecule has 0 aromatic heterocycles. The molecular weight excluding hydrogens is 284 g/mol. The van der Waals surface area contributed by atoms with E-state index in [1.165, 1.54) is 16.3 Å². The summed E-state index contributed by atoms with van der Waals surface area (Å²) in [6.45, 7) is 6.85. The topological polar surface area (TPSA) is 32.3 Å². The molecule has 1 amide bonds. The SMILES string of the molecule is CC(C)CC(=O)N(Cc1ccc2ccccc2c1)[C@H]1CCNC1. The van der Waals surface area contributed by atoms with Gasteiger partial charge in [0.15, 0.2) is 0 Å². The molecular formula is C20H26N2O. The van der Waals surface area contributed by atoms with E-state index in [0.29, 0.717) is 24.9 Å². The Balaban J connectivity index is 1.82.